The summed E-state index contributed by atoms with van der Waals surface area (Å²) in [7, 11) is 0. The molecule has 0 aliphatic carbocycles. The second-order valence-corrected chi connectivity index (χ2v) is 1.85. The van der Waals surface area contributed by atoms with Crippen LogP contribution in [0, 0.1) is 12.5 Å². The van der Waals surface area contributed by atoms with Crippen molar-refractivity contribution in [3.63, 3.8) is 0 Å². The summed E-state index contributed by atoms with van der Waals surface area (Å²) < 4.78 is 4.71. The minimum atomic E-state index is 0. The third-order valence-electron chi connectivity index (χ3n) is 1.25. The van der Waals surface area contributed by atoms with Crippen LogP contribution in [-0.2, 0) is 0 Å². The fourth-order valence-electron chi connectivity index (χ4n) is 0.797. The Bertz CT molecular complexity index is 286. The van der Waals surface area contributed by atoms with Gasteiger partial charge in [-0.15, -0.1) is 12.3 Å². The number of fused-ring (bicyclic) bond motifs is 1. The second kappa shape index (κ2) is 4.76. The van der Waals surface area contributed by atoms with E-state index >= 15 is 0 Å². The van der Waals surface area contributed by atoms with Crippen molar-refractivity contribution in [3.8, 4) is 0 Å². The van der Waals surface area contributed by atoms with Crippen LogP contribution in [0.15, 0.2) is 28.7 Å². The molecule has 2 aromatic rings. The summed E-state index contributed by atoms with van der Waals surface area (Å²) in [6.07, 6.45) is 5.38. The zero-order valence-electron chi connectivity index (χ0n) is 6.72. The predicted molar refractivity (Wildman–Crippen MR) is 33.9 cm³/mol. The van der Waals surface area contributed by atoms with E-state index in [1.165, 1.54) is 0 Å². The van der Waals surface area contributed by atoms with E-state index in [4.69, 9.17) is 4.42 Å². The smallest absolute Gasteiger partial charge is 0.675 e. The fraction of sp³-hybridized carbons (Fsp3) is 0. The minimum absolute atomic E-state index is 0. The van der Waals surface area contributed by atoms with E-state index in [0.717, 1.165) is 10.8 Å². The van der Waals surface area contributed by atoms with Crippen LogP contribution in [0.2, 0.25) is 0 Å². The van der Waals surface area contributed by atoms with Gasteiger partial charge in [-0.25, -0.2) is 11.5 Å². The molecule has 44 valence electrons. The molecule has 2 rings (SSSR count). The first-order chi connectivity index (χ1) is 4.47. The Hall–Kier alpha value is -0.0452. The third kappa shape index (κ3) is 2.19. The van der Waals surface area contributed by atoms with E-state index in [9.17, 15) is 0 Å². The second-order valence-electron chi connectivity index (χ2n) is 1.85. The molecule has 1 heterocycles. The molecule has 0 aliphatic rings. The predicted octanol–water partition coefficient (Wildman–Crippen LogP) is -3.96. The molecule has 0 saturated carbocycles. The summed E-state index contributed by atoms with van der Waals surface area (Å²) in [5.74, 6) is 0. The van der Waals surface area contributed by atoms with Gasteiger partial charge < -0.3 is 4.42 Å². The topological polar surface area (TPSA) is 13.1 Å². The van der Waals surface area contributed by atoms with Gasteiger partial charge >= 0.3 is 37.7 Å². The van der Waals surface area contributed by atoms with Crippen molar-refractivity contribution in [2.24, 2.45) is 0 Å². The van der Waals surface area contributed by atoms with Crippen molar-refractivity contribution in [2.45, 2.75) is 0 Å². The van der Waals surface area contributed by atoms with E-state index in [2.05, 4.69) is 12.5 Å². The first kappa shape index (κ1) is 11.0. The molecule has 1 aromatic heterocycles. The van der Waals surface area contributed by atoms with Crippen molar-refractivity contribution < 1.29 is 42.1 Å². The van der Waals surface area contributed by atoms with Crippen molar-refractivity contribution >= 4 is 10.8 Å². The van der Waals surface area contributed by atoms with E-state index in [0.29, 0.717) is 0 Å². The Balaban J connectivity index is 0.000000500. The van der Waals surface area contributed by atoms with Gasteiger partial charge in [-0.2, -0.15) is 12.3 Å². The van der Waals surface area contributed by atoms with Crippen molar-refractivity contribution in [2.75, 3.05) is 0 Å². The molecular weight excluding hydrogens is 126 g/mol. The summed E-state index contributed by atoms with van der Waals surface area (Å²) in [5, 5.41) is 1.97. The number of hydrogen-bond acceptors (Lipinski definition) is 1. The van der Waals surface area contributed by atoms with E-state index in [1.54, 1.807) is 0 Å². The maximum absolute atomic E-state index is 4.71. The van der Waals surface area contributed by atoms with Crippen LogP contribution < -0.4 is 37.7 Å². The van der Waals surface area contributed by atoms with Crippen molar-refractivity contribution in [1.29, 1.82) is 0 Å². The molecule has 1 aromatic carbocycles. The normalized spacial score (nSPS) is 8.36. The van der Waals surface area contributed by atoms with Gasteiger partial charge in [-0.3, -0.25) is 5.39 Å². The number of rotatable bonds is 0. The molecule has 1 nitrogen and oxygen atoms in total. The van der Waals surface area contributed by atoms with Gasteiger partial charge in [-0.1, -0.05) is 6.07 Å². The van der Waals surface area contributed by atoms with Crippen molar-refractivity contribution in [1.82, 2.24) is 0 Å². The van der Waals surface area contributed by atoms with Crippen molar-refractivity contribution in [3.05, 3.63) is 36.8 Å². The van der Waals surface area contributed by atoms with Crippen LogP contribution in [0.25, 0.3) is 10.8 Å². The summed E-state index contributed by atoms with van der Waals surface area (Å²) in [6, 6.07) is 7.77. The van der Waals surface area contributed by atoms with Crippen LogP contribution in [0.3, 0.4) is 0 Å². The molecule has 0 amide bonds. The summed E-state index contributed by atoms with van der Waals surface area (Å²) >= 11 is 0. The van der Waals surface area contributed by atoms with Gasteiger partial charge in [-0.05, 0) is 0 Å². The Kier molecular flexibility index (Phi) is 4.74. The van der Waals surface area contributed by atoms with Gasteiger partial charge in [0.25, 0.3) is 0 Å². The van der Waals surface area contributed by atoms with Crippen LogP contribution in [0.5, 0.6) is 0 Å². The van der Waals surface area contributed by atoms with Crippen LogP contribution in [0.4, 0.5) is 0 Å². The maximum atomic E-state index is 4.71. The van der Waals surface area contributed by atoms with Gasteiger partial charge in [0.2, 0.25) is 0 Å². The Labute approximate surface area is 89.5 Å². The van der Waals surface area contributed by atoms with E-state index in [1.807, 2.05) is 24.3 Å². The van der Waals surface area contributed by atoms with Crippen LogP contribution >= 0.6 is 0 Å². The van der Waals surface area contributed by atoms with Crippen LogP contribution in [-0.4, -0.2) is 0 Å². The summed E-state index contributed by atoms with van der Waals surface area (Å²) in [6.45, 7) is 0. The summed E-state index contributed by atoms with van der Waals surface area (Å²) in [4.78, 5) is 0. The quantitative estimate of drug-likeness (QED) is 0.262. The van der Waals surface area contributed by atoms with Crippen LogP contribution in [0.1, 0.15) is 0 Å². The zero-order valence-corrected chi connectivity index (χ0v) is 6.72. The average Bonchev–Trinajstić information content (AvgIpc) is 2.33. The standard InChI is InChI=1S/C8H4O.2Li/c1-2-4-8-6-9-5-7(8)3-1;;/h1-4H;;/q-2;2*+1. The number of benzene rings is 1. The Morgan fingerprint density at radius 1 is 0.909 bits per heavy atom. The molecule has 0 N–H and O–H groups in total. The Morgan fingerprint density at radius 2 is 1.36 bits per heavy atom. The molecule has 0 spiro atoms. The largest absolute Gasteiger partial charge is 1.00 e. The molecule has 11 heavy (non-hydrogen) atoms. The molecule has 0 bridgehead atoms. The molecule has 0 atom stereocenters. The Morgan fingerprint density at radius 3 is 1.82 bits per heavy atom. The fourth-order valence-corrected chi connectivity index (χ4v) is 0.797. The molecule has 0 saturated heterocycles. The SMILES string of the molecule is [Li+].[Li+].[c-]1o[c-]c2ccccc12. The van der Waals surface area contributed by atoms with Gasteiger partial charge in [0.1, 0.15) is 0 Å². The molecule has 0 unspecified atom stereocenters. The molecule has 3 heteroatoms. The number of furan rings is 1. The zero-order chi connectivity index (χ0) is 6.10. The van der Waals surface area contributed by atoms with E-state index in [-0.39, 0.29) is 37.7 Å². The minimum Gasteiger partial charge on any atom is -0.675 e. The number of hydrogen-bond donors (Lipinski definition) is 0. The molecule has 0 fully saturated rings. The summed E-state index contributed by atoms with van der Waals surface area (Å²) in [5.41, 5.74) is 0. The van der Waals surface area contributed by atoms with Gasteiger partial charge in [0.05, 0.1) is 0 Å². The molecule has 0 radical (unpaired) electrons. The first-order valence-corrected chi connectivity index (χ1v) is 2.74. The van der Waals surface area contributed by atoms with Gasteiger partial charge in [0, 0.05) is 0 Å². The van der Waals surface area contributed by atoms with E-state index < -0.39 is 0 Å². The average molecular weight is 130 g/mol. The third-order valence-corrected chi connectivity index (χ3v) is 1.25. The first-order valence-electron chi connectivity index (χ1n) is 2.74. The molecular formula is C8H4Li2O. The molecule has 0 aliphatic heterocycles. The monoisotopic (exact) mass is 130 g/mol. The maximum Gasteiger partial charge on any atom is 1.00 e. The van der Waals surface area contributed by atoms with Gasteiger partial charge in [0.15, 0.2) is 0 Å².